The molecule has 0 saturated carbocycles. The van der Waals surface area contributed by atoms with Crippen LogP contribution in [0.1, 0.15) is 380 Å². The van der Waals surface area contributed by atoms with Gasteiger partial charge in [-0.05, 0) is 57.8 Å². The van der Waals surface area contributed by atoms with Crippen molar-refractivity contribution in [3.05, 3.63) is 24.3 Å². The fraction of sp³-hybridized carbons (Fsp3) is 0.913. The highest BCUT2D eigenvalue weighted by atomic mass is 16.5. The zero-order valence-electron chi connectivity index (χ0n) is 50.8. The molecule has 0 fully saturated rings. The number of carbonyl (C=O) groups excluding carboxylic acids is 2. The molecule has 0 saturated heterocycles. The quantitative estimate of drug-likeness (QED) is 0.0320. The van der Waals surface area contributed by atoms with Crippen molar-refractivity contribution in [2.45, 2.75) is 392 Å². The molecule has 0 bridgehead atoms. The minimum atomic E-state index is -0.850. The van der Waals surface area contributed by atoms with Gasteiger partial charge < -0.3 is 20.3 Å². The van der Waals surface area contributed by atoms with Crippen LogP contribution in [0, 0.1) is 0 Å². The number of amides is 1. The van der Waals surface area contributed by atoms with Gasteiger partial charge in [-0.3, -0.25) is 9.59 Å². The van der Waals surface area contributed by atoms with E-state index in [0.29, 0.717) is 19.4 Å². The smallest absolute Gasteiger partial charge is 0.305 e. The minimum Gasteiger partial charge on any atom is -0.466 e. The van der Waals surface area contributed by atoms with Crippen LogP contribution in [-0.4, -0.2) is 47.4 Å². The van der Waals surface area contributed by atoms with Gasteiger partial charge in [-0.1, -0.05) is 334 Å². The Morgan fingerprint density at radius 3 is 0.947 bits per heavy atom. The molecule has 1 amide bonds. The van der Waals surface area contributed by atoms with Crippen LogP contribution < -0.4 is 5.32 Å². The molecule has 0 spiro atoms. The van der Waals surface area contributed by atoms with Crippen LogP contribution in [0.3, 0.4) is 0 Å². The maximum Gasteiger partial charge on any atom is 0.305 e. The molecule has 444 valence electrons. The average molecular weight is 1060 g/mol. The number of unbranched alkanes of at least 4 members (excludes halogenated alkanes) is 51. The van der Waals surface area contributed by atoms with E-state index >= 15 is 0 Å². The van der Waals surface area contributed by atoms with Crippen LogP contribution in [0.5, 0.6) is 0 Å². The van der Waals surface area contributed by atoms with Gasteiger partial charge in [-0.15, -0.1) is 0 Å². The van der Waals surface area contributed by atoms with Crippen LogP contribution in [0.2, 0.25) is 0 Å². The lowest BCUT2D eigenvalue weighted by Crippen LogP contribution is -2.45. The van der Waals surface area contributed by atoms with Crippen LogP contribution in [0.4, 0.5) is 0 Å². The number of allylic oxidation sites excluding steroid dienone is 3. The maximum atomic E-state index is 12.5. The van der Waals surface area contributed by atoms with Crippen molar-refractivity contribution in [1.29, 1.82) is 0 Å². The predicted molar refractivity (Wildman–Crippen MR) is 329 cm³/mol. The standard InChI is InChI=1S/C69H133NO5/c1-3-5-7-9-11-13-15-16-17-18-19-20-21-22-23-26-29-32-35-38-42-45-49-53-57-61-67(72)66(65-71)70-68(73)62-58-54-50-46-43-39-36-33-30-27-24-25-28-31-34-37-40-44-48-52-56-60-64-75-69(74)63-59-55-51-47-41-14-12-10-8-6-4-2/h27,30,57,61,66-67,71-72H,3-26,28-29,31-56,58-60,62-65H2,1-2H3,(H,70,73)/b30-27-,61-57+. The Bertz CT molecular complexity index is 1170. The fourth-order valence-electron chi connectivity index (χ4n) is 10.7. The van der Waals surface area contributed by atoms with Crippen LogP contribution in [0.25, 0.3) is 0 Å². The molecular weight excluding hydrogens is 923 g/mol. The Labute approximate surface area is 469 Å². The van der Waals surface area contributed by atoms with E-state index in [9.17, 15) is 19.8 Å². The van der Waals surface area contributed by atoms with Crippen LogP contribution in [0.15, 0.2) is 24.3 Å². The summed E-state index contributed by atoms with van der Waals surface area (Å²) in [5.41, 5.74) is 0. The first-order valence-electron chi connectivity index (χ1n) is 34.1. The molecule has 2 atom stereocenters. The number of ether oxygens (including phenoxy) is 1. The Kier molecular flexibility index (Phi) is 63.4. The molecule has 0 aliphatic rings. The first-order valence-corrected chi connectivity index (χ1v) is 34.1. The first kappa shape index (κ1) is 73.3. The molecular formula is C69H133NO5. The number of rotatable bonds is 64. The first-order chi connectivity index (χ1) is 37.0. The van der Waals surface area contributed by atoms with Crippen LogP contribution >= 0.6 is 0 Å². The second-order valence-corrected chi connectivity index (χ2v) is 23.5. The van der Waals surface area contributed by atoms with E-state index in [4.69, 9.17) is 4.74 Å². The average Bonchev–Trinajstić information content (AvgIpc) is 3.41. The van der Waals surface area contributed by atoms with Gasteiger partial charge in [0.25, 0.3) is 0 Å². The summed E-state index contributed by atoms with van der Waals surface area (Å²) < 4.78 is 5.47. The Morgan fingerprint density at radius 2 is 0.627 bits per heavy atom. The summed E-state index contributed by atoms with van der Waals surface area (Å²) in [6.45, 7) is 4.93. The molecule has 0 aliphatic heterocycles. The molecule has 3 N–H and O–H groups in total. The van der Waals surface area contributed by atoms with Gasteiger partial charge in [0.05, 0.1) is 25.4 Å². The Morgan fingerprint density at radius 1 is 0.360 bits per heavy atom. The molecule has 6 heteroatoms. The Balaban J connectivity index is 3.45. The maximum absolute atomic E-state index is 12.5. The van der Waals surface area contributed by atoms with Crippen molar-refractivity contribution < 1.29 is 24.5 Å². The largest absolute Gasteiger partial charge is 0.466 e. The number of carbonyl (C=O) groups is 2. The zero-order valence-corrected chi connectivity index (χ0v) is 50.8. The van der Waals surface area contributed by atoms with Crippen molar-refractivity contribution in [2.75, 3.05) is 13.2 Å². The van der Waals surface area contributed by atoms with Crippen molar-refractivity contribution in [2.24, 2.45) is 0 Å². The third-order valence-electron chi connectivity index (χ3n) is 16.0. The van der Waals surface area contributed by atoms with Gasteiger partial charge in [-0.2, -0.15) is 0 Å². The molecule has 0 aromatic carbocycles. The lowest BCUT2D eigenvalue weighted by Gasteiger charge is -2.20. The summed E-state index contributed by atoms with van der Waals surface area (Å²) in [6, 6.07) is -0.634. The molecule has 6 nitrogen and oxygen atoms in total. The van der Waals surface area contributed by atoms with Gasteiger partial charge in [0.2, 0.25) is 5.91 Å². The number of esters is 1. The van der Waals surface area contributed by atoms with Crippen molar-refractivity contribution in [3.8, 4) is 0 Å². The highest BCUT2D eigenvalue weighted by molar-refractivity contribution is 5.76. The molecule has 0 heterocycles. The monoisotopic (exact) mass is 1060 g/mol. The molecule has 0 aromatic heterocycles. The van der Waals surface area contributed by atoms with Gasteiger partial charge in [0, 0.05) is 12.8 Å². The highest BCUT2D eigenvalue weighted by Crippen LogP contribution is 2.18. The van der Waals surface area contributed by atoms with E-state index < -0.39 is 12.1 Å². The summed E-state index contributed by atoms with van der Waals surface area (Å²) in [5, 5.41) is 23.3. The summed E-state index contributed by atoms with van der Waals surface area (Å²) in [6.07, 6.45) is 81.0. The summed E-state index contributed by atoms with van der Waals surface area (Å²) >= 11 is 0. The van der Waals surface area contributed by atoms with Gasteiger partial charge >= 0.3 is 5.97 Å². The third-order valence-corrected chi connectivity index (χ3v) is 16.0. The van der Waals surface area contributed by atoms with Gasteiger partial charge in [-0.25, -0.2) is 0 Å². The lowest BCUT2D eigenvalue weighted by molar-refractivity contribution is -0.143. The van der Waals surface area contributed by atoms with E-state index in [2.05, 4.69) is 31.3 Å². The SMILES string of the molecule is CCCCCCCCCCCCCCCCCCCCCCCCC/C=C/C(O)C(CO)NC(=O)CCCCCCCCC/C=C\CCCCCCCCCCCCCOC(=O)CCCCCCCCCCCCC. The molecule has 0 rings (SSSR count). The van der Waals surface area contributed by atoms with E-state index in [-0.39, 0.29) is 18.5 Å². The number of aliphatic hydroxyl groups is 2. The number of hydrogen-bond donors (Lipinski definition) is 3. The minimum absolute atomic E-state index is 0.00977. The van der Waals surface area contributed by atoms with E-state index in [0.717, 1.165) is 44.9 Å². The lowest BCUT2D eigenvalue weighted by atomic mass is 10.0. The Hall–Kier alpha value is -1.66. The van der Waals surface area contributed by atoms with Crippen molar-refractivity contribution in [3.63, 3.8) is 0 Å². The summed E-state index contributed by atoms with van der Waals surface area (Å²) in [5.74, 6) is -0.0610. The fourth-order valence-corrected chi connectivity index (χ4v) is 10.7. The van der Waals surface area contributed by atoms with Crippen molar-refractivity contribution >= 4 is 11.9 Å². The predicted octanol–water partition coefficient (Wildman–Crippen LogP) is 21.8. The number of aliphatic hydroxyl groups excluding tert-OH is 2. The third kappa shape index (κ3) is 61.4. The zero-order chi connectivity index (χ0) is 54.3. The normalized spacial score (nSPS) is 12.6. The van der Waals surface area contributed by atoms with E-state index in [1.54, 1.807) is 6.08 Å². The summed E-state index contributed by atoms with van der Waals surface area (Å²) in [4.78, 5) is 24.5. The summed E-state index contributed by atoms with van der Waals surface area (Å²) in [7, 11) is 0. The van der Waals surface area contributed by atoms with E-state index in [1.807, 2.05) is 6.08 Å². The number of hydrogen-bond acceptors (Lipinski definition) is 5. The van der Waals surface area contributed by atoms with Gasteiger partial charge in [0.1, 0.15) is 0 Å². The molecule has 0 aromatic rings. The molecule has 0 aliphatic carbocycles. The molecule has 0 radical (unpaired) electrons. The second-order valence-electron chi connectivity index (χ2n) is 23.5. The van der Waals surface area contributed by atoms with Gasteiger partial charge in [0.15, 0.2) is 0 Å². The highest BCUT2D eigenvalue weighted by Gasteiger charge is 2.18. The van der Waals surface area contributed by atoms with Crippen molar-refractivity contribution in [1.82, 2.24) is 5.32 Å². The number of nitrogens with one attached hydrogen (secondary N) is 1. The van der Waals surface area contributed by atoms with E-state index in [1.165, 1.54) is 308 Å². The second kappa shape index (κ2) is 64.9. The topological polar surface area (TPSA) is 95.9 Å². The molecule has 75 heavy (non-hydrogen) atoms. The molecule has 2 unspecified atom stereocenters. The van der Waals surface area contributed by atoms with Crippen LogP contribution in [-0.2, 0) is 14.3 Å².